The molecule has 0 unspecified atom stereocenters. The molecule has 1 atom stereocenters. The maximum atomic E-state index is 12.8. The maximum Gasteiger partial charge on any atom is 0.272 e. The Labute approximate surface area is 138 Å². The Balaban J connectivity index is 1.78. The van der Waals surface area contributed by atoms with Crippen molar-refractivity contribution in [2.45, 2.75) is 25.7 Å². The zero-order valence-corrected chi connectivity index (χ0v) is 14.5. The minimum Gasteiger partial charge on any atom is -0.335 e. The van der Waals surface area contributed by atoms with Crippen LogP contribution in [0.1, 0.15) is 40.8 Å². The van der Waals surface area contributed by atoms with Crippen molar-refractivity contribution in [2.75, 3.05) is 53.4 Å². The molecule has 6 heteroatoms. The lowest BCUT2D eigenvalue weighted by Crippen LogP contribution is -2.47. The number of hydrogen-bond acceptors (Lipinski definition) is 5. The molecule has 0 aliphatic carbocycles. The van der Waals surface area contributed by atoms with Gasteiger partial charge in [0.05, 0.1) is 0 Å². The van der Waals surface area contributed by atoms with Gasteiger partial charge in [0.15, 0.2) is 0 Å². The van der Waals surface area contributed by atoms with Crippen molar-refractivity contribution < 1.29 is 4.79 Å². The van der Waals surface area contributed by atoms with Gasteiger partial charge in [-0.15, -0.1) is 0 Å². The molecule has 23 heavy (non-hydrogen) atoms. The molecule has 6 nitrogen and oxygen atoms in total. The lowest BCUT2D eigenvalue weighted by molar-refractivity contribution is 0.0657. The van der Waals surface area contributed by atoms with Gasteiger partial charge >= 0.3 is 0 Å². The van der Waals surface area contributed by atoms with E-state index in [-0.39, 0.29) is 5.91 Å². The second-order valence-corrected chi connectivity index (χ2v) is 6.95. The van der Waals surface area contributed by atoms with Crippen LogP contribution in [-0.2, 0) is 0 Å². The van der Waals surface area contributed by atoms with E-state index in [2.05, 4.69) is 33.9 Å². The summed E-state index contributed by atoms with van der Waals surface area (Å²) in [6.45, 7) is 7.48. The van der Waals surface area contributed by atoms with E-state index in [1.54, 1.807) is 0 Å². The summed E-state index contributed by atoms with van der Waals surface area (Å²) in [4.78, 5) is 28.5. The molecule has 0 saturated carbocycles. The molecule has 0 bridgehead atoms. The van der Waals surface area contributed by atoms with Crippen LogP contribution >= 0.6 is 0 Å². The smallest absolute Gasteiger partial charge is 0.272 e. The van der Waals surface area contributed by atoms with Crippen molar-refractivity contribution in [2.24, 2.45) is 0 Å². The maximum absolute atomic E-state index is 12.8. The number of rotatable bonds is 2. The third-order valence-electron chi connectivity index (χ3n) is 4.87. The van der Waals surface area contributed by atoms with Crippen molar-refractivity contribution >= 4 is 5.91 Å². The van der Waals surface area contributed by atoms with E-state index in [1.165, 1.54) is 6.42 Å². The predicted octanol–water partition coefficient (Wildman–Crippen LogP) is 0.982. The summed E-state index contributed by atoms with van der Waals surface area (Å²) in [7, 11) is 4.23. The molecule has 1 aromatic rings. The van der Waals surface area contributed by atoms with Gasteiger partial charge in [0, 0.05) is 44.3 Å². The number of aryl methyl sites for hydroxylation is 1. The number of piperidine rings is 1. The number of likely N-dealkylation sites (N-methyl/N-ethyl adjacent to an activating group) is 2. The SMILES string of the molecule is Cc1cc(C(=O)N2CCN(C)CC2)nc([C@@H]2CCCN(C)C2)n1. The normalized spacial score (nSPS) is 24.0. The highest BCUT2D eigenvalue weighted by Crippen LogP contribution is 2.24. The second-order valence-electron chi connectivity index (χ2n) is 6.95. The fourth-order valence-electron chi connectivity index (χ4n) is 3.43. The molecular weight excluding hydrogens is 290 g/mol. The molecule has 2 aliphatic heterocycles. The van der Waals surface area contributed by atoms with Crippen LogP contribution in [-0.4, -0.2) is 83.9 Å². The van der Waals surface area contributed by atoms with Crippen LogP contribution in [0.25, 0.3) is 0 Å². The van der Waals surface area contributed by atoms with E-state index >= 15 is 0 Å². The molecule has 2 saturated heterocycles. The average Bonchev–Trinajstić information content (AvgIpc) is 2.54. The fourth-order valence-corrected chi connectivity index (χ4v) is 3.43. The molecule has 0 spiro atoms. The standard InChI is InChI=1S/C17H27N5O/c1-13-11-15(17(23)22-9-7-20(2)8-10-22)19-16(18-13)14-5-4-6-21(3)12-14/h11,14H,4-10,12H2,1-3H3/t14-/m1/s1. The monoisotopic (exact) mass is 317 g/mol. The Bertz CT molecular complexity index is 568. The molecule has 3 heterocycles. The van der Waals surface area contributed by atoms with Crippen LogP contribution in [0.2, 0.25) is 0 Å². The first-order valence-electron chi connectivity index (χ1n) is 8.55. The lowest BCUT2D eigenvalue weighted by atomic mass is 9.97. The van der Waals surface area contributed by atoms with E-state index in [0.717, 1.165) is 57.2 Å². The number of nitrogens with zero attached hydrogens (tertiary/aromatic N) is 5. The molecule has 2 aliphatic rings. The van der Waals surface area contributed by atoms with Gasteiger partial charge in [-0.3, -0.25) is 4.79 Å². The minimum absolute atomic E-state index is 0.0500. The van der Waals surface area contributed by atoms with Crippen LogP contribution in [0.4, 0.5) is 0 Å². The first-order valence-corrected chi connectivity index (χ1v) is 8.55. The molecule has 0 radical (unpaired) electrons. The van der Waals surface area contributed by atoms with Crippen LogP contribution in [0.3, 0.4) is 0 Å². The number of hydrogen-bond donors (Lipinski definition) is 0. The highest BCUT2D eigenvalue weighted by Gasteiger charge is 2.25. The van der Waals surface area contributed by atoms with Crippen LogP contribution in [0.5, 0.6) is 0 Å². The predicted molar refractivity (Wildman–Crippen MR) is 89.6 cm³/mol. The Morgan fingerprint density at radius 2 is 1.83 bits per heavy atom. The zero-order valence-electron chi connectivity index (χ0n) is 14.5. The Hall–Kier alpha value is -1.53. The summed E-state index contributed by atoms with van der Waals surface area (Å²) in [5.74, 6) is 1.23. The van der Waals surface area contributed by atoms with E-state index < -0.39 is 0 Å². The van der Waals surface area contributed by atoms with Crippen molar-refractivity contribution in [3.8, 4) is 0 Å². The minimum atomic E-state index is 0.0500. The summed E-state index contributed by atoms with van der Waals surface area (Å²) in [6.07, 6.45) is 2.27. The summed E-state index contributed by atoms with van der Waals surface area (Å²) >= 11 is 0. The van der Waals surface area contributed by atoms with Gasteiger partial charge in [-0.05, 0) is 46.5 Å². The largest absolute Gasteiger partial charge is 0.335 e. The Morgan fingerprint density at radius 3 is 2.52 bits per heavy atom. The van der Waals surface area contributed by atoms with Crippen molar-refractivity contribution in [3.63, 3.8) is 0 Å². The van der Waals surface area contributed by atoms with E-state index in [9.17, 15) is 4.79 Å². The highest BCUT2D eigenvalue weighted by atomic mass is 16.2. The first kappa shape index (κ1) is 16.3. The van der Waals surface area contributed by atoms with Gasteiger partial charge in [-0.1, -0.05) is 0 Å². The van der Waals surface area contributed by atoms with E-state index in [0.29, 0.717) is 11.6 Å². The lowest BCUT2D eigenvalue weighted by Gasteiger charge is -2.32. The molecular formula is C17H27N5O. The van der Waals surface area contributed by atoms with Crippen molar-refractivity contribution in [3.05, 3.63) is 23.3 Å². The molecule has 2 fully saturated rings. The molecule has 0 N–H and O–H groups in total. The third kappa shape index (κ3) is 3.87. The highest BCUT2D eigenvalue weighted by molar-refractivity contribution is 5.92. The van der Waals surface area contributed by atoms with Gasteiger partial charge in [0.2, 0.25) is 0 Å². The average molecular weight is 317 g/mol. The van der Waals surface area contributed by atoms with Crippen molar-refractivity contribution in [1.82, 2.24) is 24.7 Å². The summed E-state index contributed by atoms with van der Waals surface area (Å²) in [6, 6.07) is 1.83. The Morgan fingerprint density at radius 1 is 1.09 bits per heavy atom. The van der Waals surface area contributed by atoms with Crippen molar-refractivity contribution in [1.29, 1.82) is 0 Å². The number of aromatic nitrogens is 2. The number of likely N-dealkylation sites (tertiary alicyclic amines) is 1. The second kappa shape index (κ2) is 6.93. The summed E-state index contributed by atoms with van der Waals surface area (Å²) in [5.41, 5.74) is 1.45. The van der Waals surface area contributed by atoms with Gasteiger partial charge in [-0.25, -0.2) is 9.97 Å². The topological polar surface area (TPSA) is 52.6 Å². The van der Waals surface area contributed by atoms with E-state index in [1.807, 2.05) is 17.9 Å². The summed E-state index contributed by atoms with van der Waals surface area (Å²) in [5, 5.41) is 0. The van der Waals surface area contributed by atoms with Gasteiger partial charge < -0.3 is 14.7 Å². The Kier molecular flexibility index (Phi) is 4.92. The number of amides is 1. The molecule has 1 aromatic heterocycles. The number of piperazine rings is 1. The van der Waals surface area contributed by atoms with Crippen LogP contribution in [0.15, 0.2) is 6.07 Å². The molecule has 1 amide bonds. The number of carbonyl (C=O) groups is 1. The third-order valence-corrected chi connectivity index (χ3v) is 4.87. The molecule has 0 aromatic carbocycles. The summed E-state index contributed by atoms with van der Waals surface area (Å²) < 4.78 is 0. The molecule has 126 valence electrons. The first-order chi connectivity index (χ1) is 11.0. The zero-order chi connectivity index (χ0) is 16.4. The quantitative estimate of drug-likeness (QED) is 0.814. The van der Waals surface area contributed by atoms with Gasteiger partial charge in [0.25, 0.3) is 5.91 Å². The number of carbonyl (C=O) groups excluding carboxylic acids is 1. The fraction of sp³-hybridized carbons (Fsp3) is 0.706. The molecule has 3 rings (SSSR count). The van der Waals surface area contributed by atoms with Crippen LogP contribution < -0.4 is 0 Å². The van der Waals surface area contributed by atoms with E-state index in [4.69, 9.17) is 0 Å². The van der Waals surface area contributed by atoms with Gasteiger partial charge in [0.1, 0.15) is 11.5 Å². The van der Waals surface area contributed by atoms with Gasteiger partial charge in [-0.2, -0.15) is 0 Å². The van der Waals surface area contributed by atoms with Crippen LogP contribution in [0, 0.1) is 6.92 Å².